The lowest BCUT2D eigenvalue weighted by Gasteiger charge is -2.24. The molecule has 0 bridgehead atoms. The molecular weight excluding hydrogens is 340 g/mol. The van der Waals surface area contributed by atoms with Crippen LogP contribution in [0.3, 0.4) is 0 Å². The van der Waals surface area contributed by atoms with Crippen LogP contribution in [0, 0.1) is 13.8 Å². The molecule has 7 heteroatoms. The van der Waals surface area contributed by atoms with E-state index in [1.165, 1.54) is 5.56 Å². The number of aromatic nitrogens is 5. The minimum absolute atomic E-state index is 0.0164. The van der Waals surface area contributed by atoms with Crippen molar-refractivity contribution in [1.29, 1.82) is 0 Å². The van der Waals surface area contributed by atoms with Gasteiger partial charge in [-0.05, 0) is 50.5 Å². The first kappa shape index (κ1) is 17.5. The van der Waals surface area contributed by atoms with Crippen LogP contribution in [0.15, 0.2) is 36.8 Å². The molecule has 3 aromatic rings. The molecule has 0 saturated carbocycles. The Morgan fingerprint density at radius 3 is 2.70 bits per heavy atom. The fraction of sp³-hybridized carbons (Fsp3) is 0.400. The number of carbonyl (C=O) groups is 1. The number of pyridine rings is 1. The number of hydrogen-bond acceptors (Lipinski definition) is 4. The van der Waals surface area contributed by atoms with Gasteiger partial charge in [0, 0.05) is 50.1 Å². The van der Waals surface area contributed by atoms with Crippen LogP contribution in [0.5, 0.6) is 0 Å². The maximum atomic E-state index is 13.1. The molecule has 0 aromatic carbocycles. The number of likely N-dealkylation sites (tertiary alicyclic amines) is 1. The second kappa shape index (κ2) is 6.98. The molecule has 4 heterocycles. The highest BCUT2D eigenvalue weighted by molar-refractivity contribution is 5.92. The van der Waals surface area contributed by atoms with E-state index in [9.17, 15) is 4.79 Å². The summed E-state index contributed by atoms with van der Waals surface area (Å²) in [5.41, 5.74) is 3.74. The third kappa shape index (κ3) is 3.25. The Balaban J connectivity index is 1.63. The third-order valence-electron chi connectivity index (χ3n) is 5.32. The van der Waals surface area contributed by atoms with Crippen molar-refractivity contribution in [1.82, 2.24) is 29.2 Å². The zero-order valence-corrected chi connectivity index (χ0v) is 16.0. The topological polar surface area (TPSA) is 68.8 Å². The number of nitrogens with zero attached hydrogens (tertiary/aromatic N) is 6. The number of rotatable bonds is 4. The average Bonchev–Trinajstić information content (AvgIpc) is 3.36. The van der Waals surface area contributed by atoms with Gasteiger partial charge in [-0.15, -0.1) is 0 Å². The number of amides is 1. The van der Waals surface area contributed by atoms with Crippen molar-refractivity contribution in [2.24, 2.45) is 7.05 Å². The summed E-state index contributed by atoms with van der Waals surface area (Å²) in [7, 11) is 1.86. The quantitative estimate of drug-likeness (QED) is 0.714. The summed E-state index contributed by atoms with van der Waals surface area (Å²) in [5, 5.41) is 4.37. The van der Waals surface area contributed by atoms with E-state index >= 15 is 0 Å². The molecule has 7 nitrogen and oxygen atoms in total. The first-order valence-corrected chi connectivity index (χ1v) is 9.27. The van der Waals surface area contributed by atoms with Crippen molar-refractivity contribution >= 4 is 5.91 Å². The minimum atomic E-state index is -0.0182. The fourth-order valence-electron chi connectivity index (χ4n) is 3.71. The normalized spacial score (nSPS) is 16.9. The molecule has 0 N–H and O–H groups in total. The lowest BCUT2D eigenvalue weighted by atomic mass is 10.2. The third-order valence-corrected chi connectivity index (χ3v) is 5.32. The Hall–Kier alpha value is -2.96. The van der Waals surface area contributed by atoms with Crippen LogP contribution in [0.4, 0.5) is 0 Å². The van der Waals surface area contributed by atoms with Gasteiger partial charge >= 0.3 is 0 Å². The van der Waals surface area contributed by atoms with Crippen LogP contribution in [0.1, 0.15) is 52.1 Å². The molecule has 0 radical (unpaired) electrons. The molecule has 140 valence electrons. The summed E-state index contributed by atoms with van der Waals surface area (Å²) < 4.78 is 3.95. The molecule has 1 unspecified atom stereocenters. The Morgan fingerprint density at radius 1 is 1.22 bits per heavy atom. The molecule has 1 aliphatic heterocycles. The summed E-state index contributed by atoms with van der Waals surface area (Å²) in [6.45, 7) is 5.47. The Labute approximate surface area is 158 Å². The molecule has 0 aliphatic carbocycles. The van der Waals surface area contributed by atoms with Crippen molar-refractivity contribution in [3.8, 4) is 0 Å². The van der Waals surface area contributed by atoms with E-state index in [1.54, 1.807) is 17.1 Å². The number of imidazole rings is 1. The lowest BCUT2D eigenvalue weighted by Crippen LogP contribution is -2.32. The number of carbonyl (C=O) groups excluding carboxylic acids is 1. The highest BCUT2D eigenvalue weighted by atomic mass is 16.2. The lowest BCUT2D eigenvalue weighted by molar-refractivity contribution is 0.0721. The van der Waals surface area contributed by atoms with E-state index in [4.69, 9.17) is 0 Å². The number of hydrogen-bond donors (Lipinski definition) is 0. The van der Waals surface area contributed by atoms with Gasteiger partial charge < -0.3 is 9.47 Å². The molecule has 1 aliphatic rings. The van der Waals surface area contributed by atoms with Gasteiger partial charge in [0.1, 0.15) is 5.82 Å². The van der Waals surface area contributed by atoms with E-state index in [-0.39, 0.29) is 11.9 Å². The maximum absolute atomic E-state index is 13.1. The Kier molecular flexibility index (Phi) is 4.51. The zero-order valence-electron chi connectivity index (χ0n) is 16.0. The Morgan fingerprint density at radius 2 is 2.00 bits per heavy atom. The highest BCUT2D eigenvalue weighted by Crippen LogP contribution is 2.33. The van der Waals surface area contributed by atoms with E-state index in [2.05, 4.69) is 26.6 Å². The van der Waals surface area contributed by atoms with Gasteiger partial charge in [-0.2, -0.15) is 5.10 Å². The van der Waals surface area contributed by atoms with E-state index in [0.717, 1.165) is 43.1 Å². The van der Waals surface area contributed by atoms with Crippen molar-refractivity contribution in [3.63, 3.8) is 0 Å². The van der Waals surface area contributed by atoms with Crippen molar-refractivity contribution in [2.75, 3.05) is 6.54 Å². The van der Waals surface area contributed by atoms with E-state index in [0.29, 0.717) is 5.69 Å². The monoisotopic (exact) mass is 364 g/mol. The molecule has 1 fully saturated rings. The van der Waals surface area contributed by atoms with Gasteiger partial charge in [-0.1, -0.05) is 0 Å². The minimum Gasteiger partial charge on any atom is -0.327 e. The predicted octanol–water partition coefficient (Wildman–Crippen LogP) is 2.65. The molecule has 0 spiro atoms. The van der Waals surface area contributed by atoms with Crippen LogP contribution < -0.4 is 0 Å². The maximum Gasteiger partial charge on any atom is 0.274 e. The first-order chi connectivity index (χ1) is 13.0. The molecule has 1 atom stereocenters. The second-order valence-electron chi connectivity index (χ2n) is 7.15. The molecule has 1 amide bonds. The molecule has 3 aromatic heterocycles. The van der Waals surface area contributed by atoms with Crippen LogP contribution >= 0.6 is 0 Å². The summed E-state index contributed by atoms with van der Waals surface area (Å²) in [6.07, 6.45) is 7.39. The molecule has 27 heavy (non-hydrogen) atoms. The van der Waals surface area contributed by atoms with Crippen molar-refractivity contribution in [3.05, 3.63) is 65.3 Å². The van der Waals surface area contributed by atoms with Gasteiger partial charge in [0.2, 0.25) is 0 Å². The predicted molar refractivity (Wildman–Crippen MR) is 101 cm³/mol. The Bertz CT molecular complexity index is 939. The first-order valence-electron chi connectivity index (χ1n) is 9.27. The zero-order chi connectivity index (χ0) is 19.0. The van der Waals surface area contributed by atoms with E-state index < -0.39 is 0 Å². The summed E-state index contributed by atoms with van der Waals surface area (Å²) >= 11 is 0. The van der Waals surface area contributed by atoms with Gasteiger partial charge in [0.15, 0.2) is 5.69 Å². The van der Waals surface area contributed by atoms with Crippen molar-refractivity contribution < 1.29 is 4.79 Å². The van der Waals surface area contributed by atoms with Crippen LogP contribution in [-0.4, -0.2) is 41.7 Å². The van der Waals surface area contributed by atoms with Crippen LogP contribution in [0.25, 0.3) is 0 Å². The number of aryl methyl sites for hydroxylation is 3. The summed E-state index contributed by atoms with van der Waals surface area (Å²) in [4.78, 5) is 23.8. The van der Waals surface area contributed by atoms with Crippen molar-refractivity contribution in [2.45, 2.75) is 39.3 Å². The fourth-order valence-corrected chi connectivity index (χ4v) is 3.71. The van der Waals surface area contributed by atoms with Gasteiger partial charge in [0.25, 0.3) is 5.91 Å². The largest absolute Gasteiger partial charge is 0.327 e. The molecule has 4 rings (SSSR count). The highest BCUT2D eigenvalue weighted by Gasteiger charge is 2.34. The average molecular weight is 364 g/mol. The summed E-state index contributed by atoms with van der Waals surface area (Å²) in [6, 6.07) is 5.86. The smallest absolute Gasteiger partial charge is 0.274 e. The second-order valence-corrected chi connectivity index (χ2v) is 7.15. The molecule has 1 saturated heterocycles. The van der Waals surface area contributed by atoms with Gasteiger partial charge in [0.05, 0.1) is 6.04 Å². The van der Waals surface area contributed by atoms with Crippen LogP contribution in [-0.2, 0) is 13.6 Å². The van der Waals surface area contributed by atoms with Gasteiger partial charge in [-0.25, -0.2) is 4.98 Å². The van der Waals surface area contributed by atoms with Gasteiger partial charge in [-0.3, -0.25) is 14.5 Å². The van der Waals surface area contributed by atoms with Crippen LogP contribution in [0.2, 0.25) is 0 Å². The molecular formula is C20H24N6O. The standard InChI is InChI=1S/C20H24N6O/c1-14-11-17(23-24(14)3)20(27)25-10-4-5-18(25)19-22-12-15(2)26(19)13-16-6-8-21-9-7-16/h6-9,11-12,18H,4-5,10,13H2,1-3H3. The summed E-state index contributed by atoms with van der Waals surface area (Å²) in [5.74, 6) is 0.931. The SMILES string of the molecule is Cc1cc(C(=O)N2CCCC2c2ncc(C)n2Cc2ccncc2)nn1C. The van der Waals surface area contributed by atoms with E-state index in [1.807, 2.05) is 43.3 Å².